The van der Waals surface area contributed by atoms with E-state index >= 15 is 0 Å². The first-order valence-electron chi connectivity index (χ1n) is 8.48. The van der Waals surface area contributed by atoms with Crippen LogP contribution >= 0.6 is 0 Å². The minimum absolute atomic E-state index is 0.0440. The highest BCUT2D eigenvalue weighted by atomic mass is 16.2. The van der Waals surface area contributed by atoms with Gasteiger partial charge < -0.3 is 15.5 Å². The van der Waals surface area contributed by atoms with E-state index in [0.29, 0.717) is 23.4 Å². The van der Waals surface area contributed by atoms with Crippen molar-refractivity contribution in [1.82, 2.24) is 15.2 Å². The summed E-state index contributed by atoms with van der Waals surface area (Å²) in [5.41, 5.74) is 2.48. The Hall–Kier alpha value is -2.73. The molecule has 0 bridgehead atoms. The Morgan fingerprint density at radius 1 is 1.12 bits per heavy atom. The fraction of sp³-hybridized carbons (Fsp3) is 0.316. The Morgan fingerprint density at radius 2 is 1.92 bits per heavy atom. The molecule has 1 fully saturated rings. The first kappa shape index (κ1) is 17.1. The predicted octanol–water partition coefficient (Wildman–Crippen LogP) is 2.08. The molecule has 0 radical (unpaired) electrons. The third-order valence-electron chi connectivity index (χ3n) is 4.31. The van der Waals surface area contributed by atoms with Crippen LogP contribution in [0, 0.1) is 6.92 Å². The number of aromatic nitrogens is 1. The molecule has 130 valence electrons. The van der Waals surface area contributed by atoms with E-state index in [9.17, 15) is 9.59 Å². The third-order valence-corrected chi connectivity index (χ3v) is 4.31. The van der Waals surface area contributed by atoms with Crippen molar-refractivity contribution >= 4 is 17.5 Å². The molecular formula is C19H22N4O2. The zero-order valence-electron chi connectivity index (χ0n) is 14.3. The number of amides is 2. The number of nitrogens with one attached hydrogen (secondary N) is 2. The molecule has 0 spiro atoms. The van der Waals surface area contributed by atoms with E-state index in [1.54, 1.807) is 30.6 Å². The van der Waals surface area contributed by atoms with Crippen molar-refractivity contribution in [2.75, 3.05) is 31.5 Å². The molecule has 3 rings (SSSR count). The Labute approximate surface area is 147 Å². The van der Waals surface area contributed by atoms with Crippen molar-refractivity contribution in [3.8, 4) is 0 Å². The summed E-state index contributed by atoms with van der Waals surface area (Å²) in [5.74, 6) is -0.291. The van der Waals surface area contributed by atoms with Gasteiger partial charge in [-0.2, -0.15) is 0 Å². The van der Waals surface area contributed by atoms with Crippen LogP contribution in [0.4, 0.5) is 5.69 Å². The molecule has 1 aromatic carbocycles. The van der Waals surface area contributed by atoms with Gasteiger partial charge in [-0.05, 0) is 43.7 Å². The third kappa shape index (κ3) is 4.03. The van der Waals surface area contributed by atoms with E-state index in [0.717, 1.165) is 31.6 Å². The van der Waals surface area contributed by atoms with Gasteiger partial charge in [-0.3, -0.25) is 14.6 Å². The second-order valence-electron chi connectivity index (χ2n) is 6.08. The van der Waals surface area contributed by atoms with E-state index in [-0.39, 0.29) is 11.8 Å². The maximum atomic E-state index is 13.0. The smallest absolute Gasteiger partial charge is 0.256 e. The van der Waals surface area contributed by atoms with Gasteiger partial charge in [-0.1, -0.05) is 12.1 Å². The maximum absolute atomic E-state index is 13.0. The average molecular weight is 338 g/mol. The molecule has 2 aromatic rings. The molecule has 25 heavy (non-hydrogen) atoms. The summed E-state index contributed by atoms with van der Waals surface area (Å²) in [6, 6.07) is 8.81. The van der Waals surface area contributed by atoms with Gasteiger partial charge in [-0.25, -0.2) is 0 Å². The number of aryl methyl sites for hydroxylation is 1. The highest BCUT2D eigenvalue weighted by molar-refractivity contribution is 6.09. The summed E-state index contributed by atoms with van der Waals surface area (Å²) in [5, 5.41) is 6.19. The van der Waals surface area contributed by atoms with Crippen molar-refractivity contribution in [2.45, 2.75) is 13.3 Å². The van der Waals surface area contributed by atoms with Gasteiger partial charge in [0.1, 0.15) is 0 Å². The fourth-order valence-corrected chi connectivity index (χ4v) is 2.92. The Kier molecular flexibility index (Phi) is 5.40. The van der Waals surface area contributed by atoms with E-state index in [1.807, 2.05) is 24.0 Å². The van der Waals surface area contributed by atoms with Crippen LogP contribution in [0.1, 0.15) is 32.7 Å². The lowest BCUT2D eigenvalue weighted by atomic mass is 10.1. The molecule has 2 heterocycles. The van der Waals surface area contributed by atoms with Crippen molar-refractivity contribution < 1.29 is 9.59 Å². The van der Waals surface area contributed by atoms with Gasteiger partial charge in [0.15, 0.2) is 0 Å². The molecule has 6 heteroatoms. The van der Waals surface area contributed by atoms with Crippen LogP contribution < -0.4 is 10.6 Å². The van der Waals surface area contributed by atoms with Gasteiger partial charge in [0.05, 0.1) is 11.3 Å². The summed E-state index contributed by atoms with van der Waals surface area (Å²) in [7, 11) is 0. The molecular weight excluding hydrogens is 316 g/mol. The minimum atomic E-state index is -0.247. The molecule has 1 aromatic heterocycles. The van der Waals surface area contributed by atoms with Crippen LogP contribution in [0.5, 0.6) is 0 Å². The number of pyridine rings is 1. The number of nitrogens with zero attached hydrogens (tertiary/aromatic N) is 2. The number of hydrogen-bond donors (Lipinski definition) is 2. The quantitative estimate of drug-likeness (QED) is 0.898. The minimum Gasteiger partial charge on any atom is -0.337 e. The standard InChI is InChI=1S/C19H22N4O2/c1-14-4-2-5-16(19(25)23-12-3-8-20-11-13-23)17(14)22-18(24)15-6-9-21-10-7-15/h2,4-7,9-10,20H,3,8,11-13H2,1H3,(H,22,24). The summed E-state index contributed by atoms with van der Waals surface area (Å²) in [6.07, 6.45) is 4.07. The van der Waals surface area contributed by atoms with Crippen LogP contribution in [0.25, 0.3) is 0 Å². The number of carbonyl (C=O) groups excluding carboxylic acids is 2. The summed E-state index contributed by atoms with van der Waals surface area (Å²) >= 11 is 0. The van der Waals surface area contributed by atoms with Crippen LogP contribution in [-0.4, -0.2) is 47.9 Å². The van der Waals surface area contributed by atoms with E-state index < -0.39 is 0 Å². The second kappa shape index (κ2) is 7.90. The maximum Gasteiger partial charge on any atom is 0.256 e. The normalized spacial score (nSPS) is 14.7. The van der Waals surface area contributed by atoms with Gasteiger partial charge in [0.2, 0.25) is 0 Å². The Balaban J connectivity index is 1.86. The number of benzene rings is 1. The largest absolute Gasteiger partial charge is 0.337 e. The zero-order valence-corrected chi connectivity index (χ0v) is 14.3. The topological polar surface area (TPSA) is 74.3 Å². The SMILES string of the molecule is Cc1cccc(C(=O)N2CCCNCC2)c1NC(=O)c1ccncc1. The van der Waals surface area contributed by atoms with E-state index in [2.05, 4.69) is 15.6 Å². The van der Waals surface area contributed by atoms with Crippen molar-refractivity contribution in [2.24, 2.45) is 0 Å². The van der Waals surface area contributed by atoms with Crippen LogP contribution in [0.2, 0.25) is 0 Å². The van der Waals surface area contributed by atoms with Crippen LogP contribution in [-0.2, 0) is 0 Å². The number of anilines is 1. The lowest BCUT2D eigenvalue weighted by Crippen LogP contribution is -2.35. The van der Waals surface area contributed by atoms with Gasteiger partial charge >= 0.3 is 0 Å². The lowest BCUT2D eigenvalue weighted by Gasteiger charge is -2.22. The average Bonchev–Trinajstić information content (AvgIpc) is 2.93. The fourth-order valence-electron chi connectivity index (χ4n) is 2.92. The monoisotopic (exact) mass is 338 g/mol. The zero-order chi connectivity index (χ0) is 17.6. The van der Waals surface area contributed by atoms with E-state index in [4.69, 9.17) is 0 Å². The number of hydrogen-bond acceptors (Lipinski definition) is 4. The first-order chi connectivity index (χ1) is 12.2. The molecule has 6 nitrogen and oxygen atoms in total. The van der Waals surface area contributed by atoms with Crippen LogP contribution in [0.15, 0.2) is 42.7 Å². The van der Waals surface area contributed by atoms with Gasteiger partial charge in [-0.15, -0.1) is 0 Å². The van der Waals surface area contributed by atoms with Crippen molar-refractivity contribution in [3.63, 3.8) is 0 Å². The highest BCUT2D eigenvalue weighted by Gasteiger charge is 2.22. The van der Waals surface area contributed by atoms with Gasteiger partial charge in [0, 0.05) is 37.6 Å². The molecule has 0 atom stereocenters. The number of rotatable bonds is 3. The second-order valence-corrected chi connectivity index (χ2v) is 6.08. The summed E-state index contributed by atoms with van der Waals surface area (Å²) in [6.45, 7) is 4.99. The summed E-state index contributed by atoms with van der Waals surface area (Å²) in [4.78, 5) is 31.2. The van der Waals surface area contributed by atoms with Gasteiger partial charge in [0.25, 0.3) is 11.8 Å². The number of carbonyl (C=O) groups is 2. The molecule has 1 aliphatic rings. The molecule has 0 aliphatic carbocycles. The molecule has 0 unspecified atom stereocenters. The summed E-state index contributed by atoms with van der Waals surface area (Å²) < 4.78 is 0. The Morgan fingerprint density at radius 3 is 2.72 bits per heavy atom. The molecule has 0 saturated carbocycles. The molecule has 1 aliphatic heterocycles. The first-order valence-corrected chi connectivity index (χ1v) is 8.48. The molecule has 2 amide bonds. The molecule has 1 saturated heterocycles. The number of para-hydroxylation sites is 1. The van der Waals surface area contributed by atoms with Crippen LogP contribution in [0.3, 0.4) is 0 Å². The lowest BCUT2D eigenvalue weighted by molar-refractivity contribution is 0.0767. The highest BCUT2D eigenvalue weighted by Crippen LogP contribution is 2.23. The predicted molar refractivity (Wildman–Crippen MR) is 96.8 cm³/mol. The van der Waals surface area contributed by atoms with Crippen molar-refractivity contribution in [1.29, 1.82) is 0 Å². The van der Waals surface area contributed by atoms with E-state index in [1.165, 1.54) is 0 Å². The molecule has 2 N–H and O–H groups in total. The van der Waals surface area contributed by atoms with Crippen molar-refractivity contribution in [3.05, 3.63) is 59.4 Å². The Bertz CT molecular complexity index is 753.